The Kier molecular flexibility index (Phi) is 5.87. The van der Waals surface area contributed by atoms with Crippen molar-refractivity contribution in [3.63, 3.8) is 0 Å². The molecule has 0 fully saturated rings. The van der Waals surface area contributed by atoms with Crippen molar-refractivity contribution >= 4 is 17.4 Å². The van der Waals surface area contributed by atoms with E-state index in [0.717, 1.165) is 12.2 Å². The fourth-order valence-electron chi connectivity index (χ4n) is 1.86. The third-order valence-electron chi connectivity index (χ3n) is 2.57. The lowest BCUT2D eigenvalue weighted by Crippen LogP contribution is -2.44. The topological polar surface area (TPSA) is 47.6 Å². The van der Waals surface area contributed by atoms with E-state index in [4.69, 9.17) is 9.47 Å². The minimum Gasteiger partial charge on any atom is -0.490 e. The van der Waals surface area contributed by atoms with E-state index < -0.39 is 5.60 Å². The lowest BCUT2D eigenvalue weighted by Gasteiger charge is -2.26. The van der Waals surface area contributed by atoms with E-state index in [1.54, 1.807) is 11.3 Å². The molecule has 1 aliphatic rings. The zero-order chi connectivity index (χ0) is 15.3. The minimum absolute atomic E-state index is 0.00889. The summed E-state index contributed by atoms with van der Waals surface area (Å²) in [6.45, 7) is 12.1. The van der Waals surface area contributed by atoms with Crippen LogP contribution < -0.4 is 10.1 Å². The van der Waals surface area contributed by atoms with Crippen LogP contribution in [-0.2, 0) is 11.2 Å². The molecular formula is C15H25NO3S. The summed E-state index contributed by atoms with van der Waals surface area (Å²) in [5.74, 6) is 0.988. The monoisotopic (exact) mass is 299 g/mol. The second kappa shape index (κ2) is 6.97. The minimum atomic E-state index is -0.468. The average molecular weight is 299 g/mol. The Balaban J connectivity index is 0.000000956. The van der Waals surface area contributed by atoms with Crippen LogP contribution in [0.1, 0.15) is 45.1 Å². The molecule has 5 heteroatoms. The van der Waals surface area contributed by atoms with Crippen LogP contribution in [-0.4, -0.2) is 24.3 Å². The second-order valence-corrected chi connectivity index (χ2v) is 6.49. The van der Waals surface area contributed by atoms with Crippen molar-refractivity contribution in [3.8, 4) is 5.75 Å². The first kappa shape index (κ1) is 16.8. The van der Waals surface area contributed by atoms with Crippen LogP contribution in [0, 0.1) is 6.92 Å². The molecule has 1 aromatic heterocycles. The van der Waals surface area contributed by atoms with Crippen LogP contribution in [0.15, 0.2) is 5.38 Å². The van der Waals surface area contributed by atoms with Crippen molar-refractivity contribution in [2.75, 3.05) is 6.61 Å². The molecule has 1 aromatic rings. The number of carbonyl (C=O) groups excluding carboxylic acids is 1. The molecule has 1 N–H and O–H groups in total. The second-order valence-electron chi connectivity index (χ2n) is 5.53. The van der Waals surface area contributed by atoms with Gasteiger partial charge in [-0.15, -0.1) is 11.3 Å². The zero-order valence-electron chi connectivity index (χ0n) is 13.2. The van der Waals surface area contributed by atoms with Crippen molar-refractivity contribution in [1.29, 1.82) is 0 Å². The Morgan fingerprint density at radius 2 is 2.10 bits per heavy atom. The van der Waals surface area contributed by atoms with Gasteiger partial charge < -0.3 is 14.8 Å². The molecule has 1 unspecified atom stereocenters. The Morgan fingerprint density at radius 3 is 2.70 bits per heavy atom. The van der Waals surface area contributed by atoms with Gasteiger partial charge in [-0.1, -0.05) is 13.8 Å². The van der Waals surface area contributed by atoms with E-state index in [1.165, 1.54) is 10.4 Å². The summed E-state index contributed by atoms with van der Waals surface area (Å²) in [6, 6.07) is -0.00889. The lowest BCUT2D eigenvalue weighted by molar-refractivity contribution is 0.0482. The molecule has 1 aliphatic heterocycles. The third kappa shape index (κ3) is 4.71. The molecule has 0 saturated heterocycles. The van der Waals surface area contributed by atoms with E-state index in [1.807, 2.05) is 41.5 Å². The number of aryl methyl sites for hydroxylation is 1. The number of thiophene rings is 1. The largest absolute Gasteiger partial charge is 0.490 e. The molecule has 114 valence electrons. The first-order valence-corrected chi connectivity index (χ1v) is 7.92. The van der Waals surface area contributed by atoms with Crippen LogP contribution in [0.2, 0.25) is 0 Å². The van der Waals surface area contributed by atoms with Gasteiger partial charge in [-0.05, 0) is 33.1 Å². The van der Waals surface area contributed by atoms with E-state index in [2.05, 4.69) is 10.7 Å². The zero-order valence-corrected chi connectivity index (χ0v) is 14.0. The van der Waals surface area contributed by atoms with E-state index >= 15 is 0 Å². The molecule has 0 bridgehead atoms. The van der Waals surface area contributed by atoms with Crippen molar-refractivity contribution in [2.45, 2.75) is 59.6 Å². The summed E-state index contributed by atoms with van der Waals surface area (Å²) in [5.41, 5.74) is 0.704. The predicted octanol–water partition coefficient (Wildman–Crippen LogP) is 3.91. The van der Waals surface area contributed by atoms with Crippen LogP contribution in [0.3, 0.4) is 0 Å². The number of nitrogens with one attached hydrogen (secondary N) is 1. The van der Waals surface area contributed by atoms with Gasteiger partial charge in [0.15, 0.2) is 0 Å². The Morgan fingerprint density at radius 1 is 1.45 bits per heavy atom. The van der Waals surface area contributed by atoms with Crippen molar-refractivity contribution < 1.29 is 14.3 Å². The Bertz CT molecular complexity index is 448. The van der Waals surface area contributed by atoms with Crippen molar-refractivity contribution in [1.82, 2.24) is 5.32 Å². The number of fused-ring (bicyclic) bond motifs is 1. The van der Waals surface area contributed by atoms with E-state index in [0.29, 0.717) is 6.61 Å². The molecule has 1 amide bonds. The number of rotatable bonds is 1. The maximum atomic E-state index is 11.7. The number of hydrogen-bond acceptors (Lipinski definition) is 4. The summed E-state index contributed by atoms with van der Waals surface area (Å²) >= 11 is 1.68. The summed E-state index contributed by atoms with van der Waals surface area (Å²) < 4.78 is 10.9. The van der Waals surface area contributed by atoms with Gasteiger partial charge in [0.1, 0.15) is 18.0 Å². The SMILES string of the molecule is CC.Cc1csc2c1OCC(NC(=O)OC(C)(C)C)C2. The van der Waals surface area contributed by atoms with Gasteiger partial charge in [0.05, 0.1) is 6.04 Å². The highest BCUT2D eigenvalue weighted by molar-refractivity contribution is 7.10. The van der Waals surface area contributed by atoms with Gasteiger partial charge in [0, 0.05) is 16.9 Å². The first-order valence-electron chi connectivity index (χ1n) is 7.04. The number of carbonyl (C=O) groups is 1. The molecular weight excluding hydrogens is 274 g/mol. The third-order valence-corrected chi connectivity index (χ3v) is 3.68. The molecule has 0 saturated carbocycles. The first-order chi connectivity index (χ1) is 9.35. The number of ether oxygens (including phenoxy) is 2. The fraction of sp³-hybridized carbons (Fsp3) is 0.667. The molecule has 0 aliphatic carbocycles. The quantitative estimate of drug-likeness (QED) is 0.855. The number of alkyl carbamates (subject to hydrolysis) is 1. The van der Waals surface area contributed by atoms with E-state index in [-0.39, 0.29) is 12.1 Å². The highest BCUT2D eigenvalue weighted by atomic mass is 32.1. The smallest absolute Gasteiger partial charge is 0.408 e. The molecule has 0 aromatic carbocycles. The fourth-order valence-corrected chi connectivity index (χ4v) is 2.91. The summed E-state index contributed by atoms with van der Waals surface area (Å²) in [5, 5.41) is 4.93. The normalized spacial score (nSPS) is 17.2. The van der Waals surface area contributed by atoms with Crippen LogP contribution >= 0.6 is 11.3 Å². The molecule has 2 heterocycles. The van der Waals surface area contributed by atoms with E-state index in [9.17, 15) is 4.79 Å². The Hall–Kier alpha value is -1.23. The van der Waals surface area contributed by atoms with Gasteiger partial charge in [-0.2, -0.15) is 0 Å². The summed E-state index contributed by atoms with van der Waals surface area (Å²) in [4.78, 5) is 12.9. The number of hydrogen-bond donors (Lipinski definition) is 1. The van der Waals surface area contributed by atoms with Crippen LogP contribution in [0.5, 0.6) is 5.75 Å². The van der Waals surface area contributed by atoms with Crippen molar-refractivity contribution in [2.24, 2.45) is 0 Å². The number of amides is 1. The molecule has 0 radical (unpaired) electrons. The maximum Gasteiger partial charge on any atom is 0.408 e. The van der Waals surface area contributed by atoms with Gasteiger partial charge in [0.2, 0.25) is 0 Å². The van der Waals surface area contributed by atoms with Gasteiger partial charge >= 0.3 is 6.09 Å². The highest BCUT2D eigenvalue weighted by Crippen LogP contribution is 2.34. The molecule has 0 spiro atoms. The summed E-state index contributed by atoms with van der Waals surface area (Å²) in [6.07, 6.45) is 0.431. The Labute approximate surface area is 125 Å². The molecule has 4 nitrogen and oxygen atoms in total. The van der Waals surface area contributed by atoms with Crippen molar-refractivity contribution in [3.05, 3.63) is 15.8 Å². The maximum absolute atomic E-state index is 11.7. The average Bonchev–Trinajstić information content (AvgIpc) is 2.71. The van der Waals surface area contributed by atoms with Gasteiger partial charge in [-0.3, -0.25) is 0 Å². The van der Waals surface area contributed by atoms with Gasteiger partial charge in [-0.25, -0.2) is 4.79 Å². The highest BCUT2D eigenvalue weighted by Gasteiger charge is 2.26. The van der Waals surface area contributed by atoms with Gasteiger partial charge in [0.25, 0.3) is 0 Å². The van der Waals surface area contributed by atoms with Crippen LogP contribution in [0.4, 0.5) is 4.79 Å². The standard InChI is InChI=1S/C13H19NO3S.C2H6/c1-8-7-18-10-5-9(6-16-11(8)10)14-12(15)17-13(2,3)4;1-2/h7,9H,5-6H2,1-4H3,(H,14,15);1-2H3. The molecule has 1 atom stereocenters. The summed E-state index contributed by atoms with van der Waals surface area (Å²) in [7, 11) is 0. The predicted molar refractivity (Wildman–Crippen MR) is 82.8 cm³/mol. The van der Waals surface area contributed by atoms with Crippen LogP contribution in [0.25, 0.3) is 0 Å². The molecule has 2 rings (SSSR count). The molecule has 20 heavy (non-hydrogen) atoms. The lowest BCUT2D eigenvalue weighted by atomic mass is 10.1.